The van der Waals surface area contributed by atoms with Crippen LogP contribution in [0.15, 0.2) is 0 Å². The second-order valence-electron chi connectivity index (χ2n) is 3.57. The van der Waals surface area contributed by atoms with Crippen molar-refractivity contribution >= 4 is 14.1 Å². The fourth-order valence-corrected chi connectivity index (χ4v) is 1.99. The highest BCUT2D eigenvalue weighted by molar-refractivity contribution is 6.74. The van der Waals surface area contributed by atoms with Crippen molar-refractivity contribution in [3.05, 3.63) is 0 Å². The van der Waals surface area contributed by atoms with Crippen LogP contribution in [0.25, 0.3) is 0 Å². The predicted molar refractivity (Wildman–Crippen MR) is 66.2 cm³/mol. The van der Waals surface area contributed by atoms with Crippen molar-refractivity contribution in [1.82, 2.24) is 0 Å². The molecule has 0 heterocycles. The van der Waals surface area contributed by atoms with Crippen LogP contribution in [0.4, 0.5) is 0 Å². The van der Waals surface area contributed by atoms with Crippen LogP contribution in [0.5, 0.6) is 0 Å². The van der Waals surface area contributed by atoms with Crippen molar-refractivity contribution in [2.24, 2.45) is 0 Å². The Hall–Kier alpha value is -0.348. The SMILES string of the molecule is CCCCC#[C][Al]([CH3])[C]#CCCCC. The van der Waals surface area contributed by atoms with E-state index in [-0.39, 0.29) is 0 Å². The normalized spacial score (nSPS) is 8.21. The first-order chi connectivity index (χ1) is 6.81. The molecule has 0 aromatic carbocycles. The Morgan fingerprint density at radius 3 is 1.64 bits per heavy atom. The molecule has 0 spiro atoms. The van der Waals surface area contributed by atoms with Crippen LogP contribution in [0.2, 0.25) is 5.79 Å². The van der Waals surface area contributed by atoms with Gasteiger partial charge in [-0.15, -0.1) is 11.8 Å². The van der Waals surface area contributed by atoms with Gasteiger partial charge in [-0.2, -0.15) is 9.56 Å². The zero-order valence-electron chi connectivity index (χ0n) is 9.82. The van der Waals surface area contributed by atoms with Crippen LogP contribution >= 0.6 is 0 Å². The first-order valence-corrected chi connectivity index (χ1v) is 8.09. The maximum absolute atomic E-state index is 3.31. The first-order valence-electron chi connectivity index (χ1n) is 5.78. The molecule has 0 aromatic rings. The van der Waals surface area contributed by atoms with Crippen molar-refractivity contribution < 1.29 is 0 Å². The first kappa shape index (κ1) is 13.7. The summed E-state index contributed by atoms with van der Waals surface area (Å²) >= 11 is -1.01. The topological polar surface area (TPSA) is 0 Å². The predicted octanol–water partition coefficient (Wildman–Crippen LogP) is 3.58. The molecule has 0 N–H and O–H groups in total. The Kier molecular flexibility index (Phi) is 10.5. The molecule has 0 bridgehead atoms. The van der Waals surface area contributed by atoms with Crippen LogP contribution in [0, 0.1) is 21.4 Å². The van der Waals surface area contributed by atoms with E-state index < -0.39 is 14.1 Å². The zero-order valence-corrected chi connectivity index (χ0v) is 11.0. The third-order valence-corrected chi connectivity index (χ3v) is 3.22. The maximum Gasteiger partial charge on any atom is 0.472 e. The molecule has 0 aliphatic carbocycles. The van der Waals surface area contributed by atoms with Gasteiger partial charge >= 0.3 is 14.1 Å². The van der Waals surface area contributed by atoms with Gasteiger partial charge in [-0.3, -0.25) is 0 Å². The molecular formula is C13H21Al. The van der Waals surface area contributed by atoms with Gasteiger partial charge in [0.05, 0.1) is 0 Å². The lowest BCUT2D eigenvalue weighted by molar-refractivity contribution is 0.828. The van der Waals surface area contributed by atoms with Crippen molar-refractivity contribution in [1.29, 1.82) is 0 Å². The van der Waals surface area contributed by atoms with E-state index in [1.165, 1.54) is 25.7 Å². The lowest BCUT2D eigenvalue weighted by Crippen LogP contribution is -1.99. The largest absolute Gasteiger partial charge is 0.472 e. The molecule has 1 heteroatoms. The summed E-state index contributed by atoms with van der Waals surface area (Å²) in [5, 5.41) is 0. The molecule has 0 unspecified atom stereocenters. The van der Waals surface area contributed by atoms with Gasteiger partial charge in [-0.1, -0.05) is 32.5 Å². The molecule has 0 atom stereocenters. The molecule has 0 amide bonds. The summed E-state index contributed by atoms with van der Waals surface area (Å²) in [4.78, 5) is 6.62. The van der Waals surface area contributed by atoms with Gasteiger partial charge in [-0.05, 0) is 12.8 Å². The molecule has 0 aromatic heterocycles. The minimum absolute atomic E-state index is 1.01. The highest BCUT2D eigenvalue weighted by Gasteiger charge is 2.00. The van der Waals surface area contributed by atoms with Crippen LogP contribution < -0.4 is 0 Å². The van der Waals surface area contributed by atoms with E-state index in [4.69, 9.17) is 0 Å². The minimum Gasteiger partial charge on any atom is -0.185 e. The highest BCUT2D eigenvalue weighted by atomic mass is 27.2. The molecule has 0 aliphatic rings. The van der Waals surface area contributed by atoms with E-state index >= 15 is 0 Å². The Morgan fingerprint density at radius 2 is 1.29 bits per heavy atom. The summed E-state index contributed by atoms with van der Waals surface area (Å²) in [6.45, 7) is 4.40. The van der Waals surface area contributed by atoms with Gasteiger partial charge in [0.1, 0.15) is 0 Å². The Bertz CT molecular complexity index is 207. The van der Waals surface area contributed by atoms with Gasteiger partial charge < -0.3 is 0 Å². The lowest BCUT2D eigenvalue weighted by Gasteiger charge is -1.86. The smallest absolute Gasteiger partial charge is 0.185 e. The van der Waals surface area contributed by atoms with Crippen LogP contribution in [0.1, 0.15) is 52.4 Å². The van der Waals surface area contributed by atoms with Gasteiger partial charge in [-0.25, -0.2) is 0 Å². The molecule has 0 saturated carbocycles. The van der Waals surface area contributed by atoms with Crippen molar-refractivity contribution in [2.75, 3.05) is 0 Å². The summed E-state index contributed by atoms with van der Waals surface area (Å²) in [5.41, 5.74) is 0. The lowest BCUT2D eigenvalue weighted by atomic mass is 10.3. The maximum atomic E-state index is 3.31. The number of unbranched alkanes of at least 4 members (excludes halogenated alkanes) is 4. The van der Waals surface area contributed by atoms with E-state index in [2.05, 4.69) is 41.0 Å². The molecule has 0 fully saturated rings. The van der Waals surface area contributed by atoms with Crippen LogP contribution in [-0.2, 0) is 0 Å². The molecule has 0 aliphatic heterocycles. The monoisotopic (exact) mass is 204 g/mol. The highest BCUT2D eigenvalue weighted by Crippen LogP contribution is 1.92. The summed E-state index contributed by atoms with van der Waals surface area (Å²) < 4.78 is 0. The van der Waals surface area contributed by atoms with Crippen molar-refractivity contribution in [3.63, 3.8) is 0 Å². The number of hydrogen-bond acceptors (Lipinski definition) is 0. The summed E-state index contributed by atoms with van der Waals surface area (Å²) in [6, 6.07) is 0. The van der Waals surface area contributed by atoms with Gasteiger partial charge in [0.25, 0.3) is 0 Å². The molecule has 0 rings (SSSR count). The fraction of sp³-hybridized carbons (Fsp3) is 0.692. The second-order valence-corrected chi connectivity index (χ2v) is 5.59. The summed E-state index contributed by atoms with van der Waals surface area (Å²) in [6.07, 6.45) is 7.07. The quantitative estimate of drug-likeness (QED) is 0.373. The third kappa shape index (κ3) is 9.74. The molecule has 0 radical (unpaired) electrons. The van der Waals surface area contributed by atoms with Gasteiger partial charge in [0, 0.05) is 12.8 Å². The molecule has 76 valence electrons. The van der Waals surface area contributed by atoms with E-state index in [1.54, 1.807) is 0 Å². The van der Waals surface area contributed by atoms with Crippen molar-refractivity contribution in [3.8, 4) is 21.4 Å². The molecular weight excluding hydrogens is 183 g/mol. The van der Waals surface area contributed by atoms with E-state index in [1.807, 2.05) is 0 Å². The van der Waals surface area contributed by atoms with Gasteiger partial charge in [0.2, 0.25) is 0 Å². The van der Waals surface area contributed by atoms with Crippen LogP contribution in [-0.4, -0.2) is 14.1 Å². The average Bonchev–Trinajstić information content (AvgIpc) is 2.19. The van der Waals surface area contributed by atoms with Crippen molar-refractivity contribution in [2.45, 2.75) is 58.2 Å². The Labute approximate surface area is 93.9 Å². The second kappa shape index (κ2) is 10.7. The number of hydrogen-bond donors (Lipinski definition) is 0. The summed E-state index contributed by atoms with van der Waals surface area (Å²) in [5.74, 6) is 8.69. The number of rotatable bonds is 4. The molecule has 14 heavy (non-hydrogen) atoms. The van der Waals surface area contributed by atoms with Crippen LogP contribution in [0.3, 0.4) is 0 Å². The van der Waals surface area contributed by atoms with E-state index in [0.717, 1.165) is 12.8 Å². The van der Waals surface area contributed by atoms with Gasteiger partial charge in [0.15, 0.2) is 0 Å². The molecule has 0 saturated heterocycles. The fourth-order valence-electron chi connectivity index (χ4n) is 1.02. The third-order valence-electron chi connectivity index (χ3n) is 1.95. The van der Waals surface area contributed by atoms with E-state index in [0.29, 0.717) is 0 Å². The Morgan fingerprint density at radius 1 is 0.857 bits per heavy atom. The zero-order chi connectivity index (χ0) is 10.6. The summed E-state index contributed by atoms with van der Waals surface area (Å²) in [7, 11) is 0. The average molecular weight is 204 g/mol. The Balaban J connectivity index is 3.63. The standard InChI is InChI=1S/2C6H9.CH3.Al/c2*1-3-5-6-4-2;;/h2*3,5-6H2,1H3;1H3;. The minimum atomic E-state index is -1.01. The molecule has 0 nitrogen and oxygen atoms in total. The van der Waals surface area contributed by atoms with E-state index in [9.17, 15) is 0 Å².